The first-order valence-electron chi connectivity index (χ1n) is 9.24. The Morgan fingerprint density at radius 3 is 2.53 bits per heavy atom. The van der Waals surface area contributed by atoms with E-state index in [0.717, 1.165) is 0 Å². The van der Waals surface area contributed by atoms with Gasteiger partial charge in [-0.1, -0.05) is 30.3 Å². The number of Topliss-reactive ketones (excluding diaryl/α,β-unsaturated/α-hetero) is 1. The summed E-state index contributed by atoms with van der Waals surface area (Å²) in [6.45, 7) is 1.51. The van der Waals surface area contributed by atoms with Crippen LogP contribution in [0.2, 0.25) is 0 Å². The van der Waals surface area contributed by atoms with Crippen molar-refractivity contribution < 1.29 is 28.8 Å². The van der Waals surface area contributed by atoms with E-state index < -0.39 is 22.9 Å². The van der Waals surface area contributed by atoms with Gasteiger partial charge in [0.1, 0.15) is 5.75 Å². The van der Waals surface area contributed by atoms with E-state index in [4.69, 9.17) is 9.47 Å². The highest BCUT2D eigenvalue weighted by Crippen LogP contribution is 2.36. The van der Waals surface area contributed by atoms with Crippen LogP contribution in [0.1, 0.15) is 23.7 Å². The number of anilines is 1. The zero-order valence-electron chi connectivity index (χ0n) is 16.4. The molecule has 2 aromatic carbocycles. The lowest BCUT2D eigenvalue weighted by Crippen LogP contribution is -2.30. The second-order valence-corrected chi connectivity index (χ2v) is 6.83. The lowest BCUT2D eigenvalue weighted by molar-refractivity contribution is -0.384. The van der Waals surface area contributed by atoms with E-state index in [-0.39, 0.29) is 36.1 Å². The fourth-order valence-electron chi connectivity index (χ4n) is 3.26. The molecule has 0 aromatic heterocycles. The summed E-state index contributed by atoms with van der Waals surface area (Å²) >= 11 is 0. The Kier molecular flexibility index (Phi) is 6.10. The lowest BCUT2D eigenvalue weighted by atomic mass is 10.1. The second kappa shape index (κ2) is 8.73. The number of rotatable bonds is 7. The molecule has 0 unspecified atom stereocenters. The number of nitro benzene ring substituents is 1. The molecule has 156 valence electrons. The number of benzene rings is 2. The quantitative estimate of drug-likeness (QED) is 0.297. The molecule has 1 heterocycles. The highest BCUT2D eigenvalue weighted by atomic mass is 16.6. The number of hydrogen-bond donors (Lipinski definition) is 0. The van der Waals surface area contributed by atoms with Gasteiger partial charge in [0.05, 0.1) is 29.7 Å². The van der Waals surface area contributed by atoms with Crippen molar-refractivity contribution in [3.63, 3.8) is 0 Å². The third kappa shape index (κ3) is 4.29. The molecule has 0 saturated carbocycles. The summed E-state index contributed by atoms with van der Waals surface area (Å²) < 4.78 is 10.5. The fourth-order valence-corrected chi connectivity index (χ4v) is 3.26. The van der Waals surface area contributed by atoms with Crippen LogP contribution in [0.4, 0.5) is 11.4 Å². The number of carbonyl (C=O) groups is 3. The van der Waals surface area contributed by atoms with Crippen molar-refractivity contribution in [3.05, 3.63) is 64.2 Å². The van der Waals surface area contributed by atoms with Gasteiger partial charge < -0.3 is 14.4 Å². The third-order valence-corrected chi connectivity index (χ3v) is 4.84. The third-order valence-electron chi connectivity index (χ3n) is 4.84. The average molecular weight is 412 g/mol. The van der Waals surface area contributed by atoms with Gasteiger partial charge in [-0.05, 0) is 13.0 Å². The summed E-state index contributed by atoms with van der Waals surface area (Å²) in [6.07, 6.45) is -1.08. The topological polar surface area (TPSA) is 116 Å². The van der Waals surface area contributed by atoms with Crippen LogP contribution in [0, 0.1) is 16.0 Å². The molecule has 0 N–H and O–H groups in total. The van der Waals surface area contributed by atoms with Gasteiger partial charge >= 0.3 is 5.97 Å². The maximum absolute atomic E-state index is 12.5. The number of methoxy groups -OCH3 is 1. The first kappa shape index (κ1) is 21.0. The summed E-state index contributed by atoms with van der Waals surface area (Å²) in [5, 5.41) is 10.9. The predicted molar refractivity (Wildman–Crippen MR) is 106 cm³/mol. The van der Waals surface area contributed by atoms with Crippen molar-refractivity contribution in [2.45, 2.75) is 19.4 Å². The molecule has 0 spiro atoms. The van der Waals surface area contributed by atoms with Gasteiger partial charge in [0.2, 0.25) is 11.7 Å². The summed E-state index contributed by atoms with van der Waals surface area (Å²) in [5.41, 5.74) is 0.584. The highest BCUT2D eigenvalue weighted by Gasteiger charge is 2.38. The van der Waals surface area contributed by atoms with Crippen molar-refractivity contribution in [1.82, 2.24) is 0 Å². The van der Waals surface area contributed by atoms with Gasteiger partial charge in [0.25, 0.3) is 5.69 Å². The molecule has 2 aromatic rings. The first-order chi connectivity index (χ1) is 14.3. The average Bonchev–Trinajstić information content (AvgIpc) is 3.14. The van der Waals surface area contributed by atoms with E-state index in [0.29, 0.717) is 11.3 Å². The van der Waals surface area contributed by atoms with E-state index in [1.54, 1.807) is 30.3 Å². The molecule has 3 rings (SSSR count). The van der Waals surface area contributed by atoms with E-state index in [2.05, 4.69) is 0 Å². The van der Waals surface area contributed by atoms with Gasteiger partial charge in [0, 0.05) is 24.6 Å². The fraction of sp³-hybridized carbons (Fsp3) is 0.286. The highest BCUT2D eigenvalue weighted by molar-refractivity contribution is 6.02. The smallest absolute Gasteiger partial charge is 0.312 e. The van der Waals surface area contributed by atoms with Crippen LogP contribution in [0.15, 0.2) is 48.5 Å². The summed E-state index contributed by atoms with van der Waals surface area (Å²) in [6, 6.07) is 12.4. The Bertz CT molecular complexity index is 990. The molecule has 1 saturated heterocycles. The molecule has 0 radical (unpaired) electrons. The normalized spacial score (nSPS) is 16.8. The minimum absolute atomic E-state index is 0.0259. The molecule has 9 nitrogen and oxygen atoms in total. The standard InChI is InChI=1S/C21H20N2O7/c1-13(20(25)14-6-4-3-5-7-14)30-21(26)15-10-19(24)22(12-15)17-9-8-16(23(27)28)11-18(17)29-2/h3-9,11,13,15H,10,12H2,1-2H3/t13-,15-/m1/s1. The number of hydrogen-bond acceptors (Lipinski definition) is 7. The van der Waals surface area contributed by atoms with Gasteiger partial charge in [-0.2, -0.15) is 0 Å². The molecule has 0 bridgehead atoms. The van der Waals surface area contributed by atoms with Crippen LogP contribution < -0.4 is 9.64 Å². The predicted octanol–water partition coefficient (Wildman–Crippen LogP) is 2.77. The molecule has 2 atom stereocenters. The van der Waals surface area contributed by atoms with Crippen molar-refractivity contribution in [1.29, 1.82) is 0 Å². The summed E-state index contributed by atoms with van der Waals surface area (Å²) in [7, 11) is 1.34. The van der Waals surface area contributed by atoms with Gasteiger partial charge in [-0.3, -0.25) is 24.5 Å². The number of ether oxygens (including phenoxy) is 2. The molecule has 1 fully saturated rings. The minimum atomic E-state index is -0.988. The van der Waals surface area contributed by atoms with Crippen molar-refractivity contribution in [3.8, 4) is 5.75 Å². The Labute approximate surface area is 172 Å². The van der Waals surface area contributed by atoms with Gasteiger partial charge in [-0.25, -0.2) is 0 Å². The lowest BCUT2D eigenvalue weighted by Gasteiger charge is -2.19. The van der Waals surface area contributed by atoms with Gasteiger partial charge in [0.15, 0.2) is 6.10 Å². The zero-order valence-corrected chi connectivity index (χ0v) is 16.4. The molecule has 30 heavy (non-hydrogen) atoms. The first-order valence-corrected chi connectivity index (χ1v) is 9.24. The van der Waals surface area contributed by atoms with E-state index in [1.807, 2.05) is 0 Å². The summed E-state index contributed by atoms with van der Waals surface area (Å²) in [4.78, 5) is 49.1. The van der Waals surface area contributed by atoms with Crippen LogP contribution in [0.3, 0.4) is 0 Å². The zero-order chi connectivity index (χ0) is 21.8. The Balaban J connectivity index is 1.70. The molecule has 1 aliphatic rings. The molecular weight excluding hydrogens is 392 g/mol. The van der Waals surface area contributed by atoms with Crippen LogP contribution in [-0.2, 0) is 14.3 Å². The largest absolute Gasteiger partial charge is 0.494 e. The number of non-ortho nitro benzene ring substituents is 1. The van der Waals surface area contributed by atoms with E-state index in [9.17, 15) is 24.5 Å². The SMILES string of the molecule is COc1cc([N+](=O)[O-])ccc1N1C[C@H](C(=O)O[C@H](C)C(=O)c2ccccc2)CC1=O. The summed E-state index contributed by atoms with van der Waals surface area (Å²) in [5.74, 6) is -1.93. The van der Waals surface area contributed by atoms with Crippen LogP contribution in [0.5, 0.6) is 5.75 Å². The van der Waals surface area contributed by atoms with E-state index >= 15 is 0 Å². The number of nitrogens with zero attached hydrogens (tertiary/aromatic N) is 2. The number of nitro groups is 1. The maximum atomic E-state index is 12.5. The Morgan fingerprint density at radius 2 is 1.90 bits per heavy atom. The number of esters is 1. The Hall–Kier alpha value is -3.75. The molecular formula is C21H20N2O7. The number of ketones is 1. The minimum Gasteiger partial charge on any atom is -0.494 e. The van der Waals surface area contributed by atoms with Gasteiger partial charge in [-0.15, -0.1) is 0 Å². The van der Waals surface area contributed by atoms with E-state index in [1.165, 1.54) is 37.1 Å². The van der Waals surface area contributed by atoms with Crippen molar-refractivity contribution in [2.24, 2.45) is 5.92 Å². The van der Waals surface area contributed by atoms with Crippen molar-refractivity contribution >= 4 is 29.0 Å². The molecule has 1 amide bonds. The maximum Gasteiger partial charge on any atom is 0.312 e. The Morgan fingerprint density at radius 1 is 1.20 bits per heavy atom. The number of amides is 1. The van der Waals surface area contributed by atoms with Crippen LogP contribution in [-0.4, -0.2) is 42.3 Å². The number of carbonyl (C=O) groups excluding carboxylic acids is 3. The van der Waals surface area contributed by atoms with Crippen molar-refractivity contribution in [2.75, 3.05) is 18.6 Å². The molecule has 1 aliphatic heterocycles. The second-order valence-electron chi connectivity index (χ2n) is 6.83. The molecule has 9 heteroatoms. The monoisotopic (exact) mass is 412 g/mol. The molecule has 0 aliphatic carbocycles. The van der Waals surface area contributed by atoms with Crippen LogP contribution in [0.25, 0.3) is 0 Å². The van der Waals surface area contributed by atoms with Crippen LogP contribution >= 0.6 is 0 Å².